The number of para-hydroxylation sites is 1. The van der Waals surface area contributed by atoms with Crippen molar-refractivity contribution < 1.29 is 14.5 Å². The minimum Gasteiger partial charge on any atom is -0.378 e. The van der Waals surface area contributed by atoms with Gasteiger partial charge in [-0.1, -0.05) is 30.3 Å². The van der Waals surface area contributed by atoms with Crippen LogP contribution < -0.4 is 10.3 Å². The molecule has 1 heterocycles. The van der Waals surface area contributed by atoms with E-state index in [0.717, 1.165) is 37.6 Å². The third-order valence-corrected chi connectivity index (χ3v) is 4.21. The summed E-state index contributed by atoms with van der Waals surface area (Å²) in [7, 11) is 0. The van der Waals surface area contributed by atoms with Crippen LogP contribution in [0.4, 0.5) is 11.4 Å². The number of nitro groups is 1. The predicted octanol–water partition coefficient (Wildman–Crippen LogP) is 2.12. The number of anilines is 1. The van der Waals surface area contributed by atoms with Crippen molar-refractivity contribution >= 4 is 23.5 Å². The number of nitro benzene ring substituents is 1. The molecule has 1 saturated heterocycles. The number of hydrogen-bond donors (Lipinski definition) is 1. The lowest BCUT2D eigenvalue weighted by Crippen LogP contribution is -2.36. The Kier molecular flexibility index (Phi) is 6.11. The van der Waals surface area contributed by atoms with Gasteiger partial charge in [-0.25, -0.2) is 5.43 Å². The van der Waals surface area contributed by atoms with E-state index in [1.165, 1.54) is 6.07 Å². The first-order chi connectivity index (χ1) is 13.1. The fourth-order valence-electron chi connectivity index (χ4n) is 2.82. The Morgan fingerprint density at radius 1 is 1.19 bits per heavy atom. The second kappa shape index (κ2) is 8.91. The van der Waals surface area contributed by atoms with Crippen molar-refractivity contribution in [3.63, 3.8) is 0 Å². The third-order valence-electron chi connectivity index (χ3n) is 4.21. The number of amides is 1. The van der Waals surface area contributed by atoms with Crippen molar-refractivity contribution in [3.8, 4) is 0 Å². The van der Waals surface area contributed by atoms with Crippen LogP contribution >= 0.6 is 0 Å². The van der Waals surface area contributed by atoms with E-state index in [-0.39, 0.29) is 12.1 Å². The van der Waals surface area contributed by atoms with Gasteiger partial charge in [-0.2, -0.15) is 5.10 Å². The lowest BCUT2D eigenvalue weighted by molar-refractivity contribution is -0.385. The van der Waals surface area contributed by atoms with E-state index in [1.807, 2.05) is 24.3 Å². The highest BCUT2D eigenvalue weighted by molar-refractivity contribution is 5.84. The van der Waals surface area contributed by atoms with Gasteiger partial charge in [0.15, 0.2) is 0 Å². The zero-order valence-corrected chi connectivity index (χ0v) is 14.7. The Bertz CT molecular complexity index is 830. The number of hydrazone groups is 1. The number of hydrogen-bond acceptors (Lipinski definition) is 6. The number of rotatable bonds is 6. The SMILES string of the molecule is O=C(Cc1ccccc1[N+](=O)[O-])NN=Cc1ccc(N2CCOCC2)cc1. The first kappa shape index (κ1) is 18.5. The van der Waals surface area contributed by atoms with Crippen LogP contribution in [-0.4, -0.2) is 43.3 Å². The third kappa shape index (κ3) is 5.11. The molecule has 1 N–H and O–H groups in total. The number of nitrogens with one attached hydrogen (secondary N) is 1. The van der Waals surface area contributed by atoms with Crippen LogP contribution in [0.3, 0.4) is 0 Å². The van der Waals surface area contributed by atoms with E-state index < -0.39 is 10.8 Å². The average Bonchev–Trinajstić information content (AvgIpc) is 2.69. The van der Waals surface area contributed by atoms with Gasteiger partial charge in [0.2, 0.25) is 5.91 Å². The highest BCUT2D eigenvalue weighted by Crippen LogP contribution is 2.18. The number of carbonyl (C=O) groups is 1. The minimum atomic E-state index is -0.498. The van der Waals surface area contributed by atoms with Crippen molar-refractivity contribution in [2.75, 3.05) is 31.2 Å². The molecule has 1 fully saturated rings. The first-order valence-electron chi connectivity index (χ1n) is 8.60. The Hall–Kier alpha value is -3.26. The van der Waals surface area contributed by atoms with Crippen molar-refractivity contribution in [3.05, 3.63) is 69.8 Å². The standard InChI is InChI=1S/C19H20N4O4/c24-19(13-16-3-1-2-4-18(16)23(25)26)21-20-14-15-5-7-17(8-6-15)22-9-11-27-12-10-22/h1-8,14H,9-13H2,(H,21,24). The Morgan fingerprint density at radius 2 is 1.89 bits per heavy atom. The molecule has 1 amide bonds. The summed E-state index contributed by atoms with van der Waals surface area (Å²) in [6.07, 6.45) is 1.44. The summed E-state index contributed by atoms with van der Waals surface area (Å²) in [6, 6.07) is 14.0. The van der Waals surface area contributed by atoms with Gasteiger partial charge in [0.05, 0.1) is 30.8 Å². The second-order valence-corrected chi connectivity index (χ2v) is 6.05. The number of carbonyl (C=O) groups excluding carboxylic acids is 1. The average molecular weight is 368 g/mol. The predicted molar refractivity (Wildman–Crippen MR) is 102 cm³/mol. The molecule has 0 bridgehead atoms. The molecule has 8 heteroatoms. The molecule has 8 nitrogen and oxygen atoms in total. The van der Waals surface area contributed by atoms with Gasteiger partial charge in [-0.05, 0) is 17.7 Å². The highest BCUT2D eigenvalue weighted by atomic mass is 16.6. The first-order valence-corrected chi connectivity index (χ1v) is 8.60. The fourth-order valence-corrected chi connectivity index (χ4v) is 2.82. The number of nitrogens with zero attached hydrogens (tertiary/aromatic N) is 3. The molecule has 0 spiro atoms. The van der Waals surface area contributed by atoms with Crippen molar-refractivity contribution in [2.45, 2.75) is 6.42 Å². The van der Waals surface area contributed by atoms with E-state index >= 15 is 0 Å². The molecule has 0 unspecified atom stereocenters. The van der Waals surface area contributed by atoms with Crippen molar-refractivity contribution in [1.82, 2.24) is 5.43 Å². The largest absolute Gasteiger partial charge is 0.378 e. The van der Waals surface area contributed by atoms with Crippen LogP contribution in [0.1, 0.15) is 11.1 Å². The van der Waals surface area contributed by atoms with Crippen LogP contribution in [0.5, 0.6) is 0 Å². The summed E-state index contributed by atoms with van der Waals surface area (Å²) in [5, 5.41) is 14.9. The van der Waals surface area contributed by atoms with Crippen LogP contribution in [0, 0.1) is 10.1 Å². The molecule has 1 aliphatic heterocycles. The summed E-state index contributed by atoms with van der Waals surface area (Å²) in [5.41, 5.74) is 4.65. The second-order valence-electron chi connectivity index (χ2n) is 6.05. The van der Waals surface area contributed by atoms with Gasteiger partial charge in [-0.15, -0.1) is 0 Å². The normalized spacial score (nSPS) is 14.3. The summed E-state index contributed by atoms with van der Waals surface area (Å²) < 4.78 is 5.34. The van der Waals surface area contributed by atoms with Gasteiger partial charge in [0.1, 0.15) is 0 Å². The fraction of sp³-hybridized carbons (Fsp3) is 0.263. The van der Waals surface area contributed by atoms with Crippen LogP contribution in [-0.2, 0) is 16.0 Å². The maximum absolute atomic E-state index is 12.0. The van der Waals surface area contributed by atoms with Gasteiger partial charge in [0, 0.05) is 30.4 Å². The molecule has 0 aliphatic carbocycles. The maximum atomic E-state index is 12.0. The Morgan fingerprint density at radius 3 is 2.59 bits per heavy atom. The zero-order chi connectivity index (χ0) is 19.1. The molecule has 3 rings (SSSR count). The molecule has 2 aromatic rings. The number of benzene rings is 2. The molecule has 140 valence electrons. The molecule has 2 aromatic carbocycles. The van der Waals surface area contributed by atoms with Crippen LogP contribution in [0.25, 0.3) is 0 Å². The van der Waals surface area contributed by atoms with E-state index in [4.69, 9.17) is 4.74 Å². The quantitative estimate of drug-likeness (QED) is 0.479. The zero-order valence-electron chi connectivity index (χ0n) is 14.7. The summed E-state index contributed by atoms with van der Waals surface area (Å²) in [5.74, 6) is -0.412. The van der Waals surface area contributed by atoms with Crippen molar-refractivity contribution in [2.24, 2.45) is 5.10 Å². The lowest BCUT2D eigenvalue weighted by Gasteiger charge is -2.28. The molecular weight excluding hydrogens is 348 g/mol. The molecule has 27 heavy (non-hydrogen) atoms. The van der Waals surface area contributed by atoms with E-state index in [1.54, 1.807) is 24.4 Å². The summed E-state index contributed by atoms with van der Waals surface area (Å²) >= 11 is 0. The van der Waals surface area contributed by atoms with Gasteiger partial charge >= 0.3 is 0 Å². The molecule has 0 aromatic heterocycles. The summed E-state index contributed by atoms with van der Waals surface area (Å²) in [6.45, 7) is 3.20. The Balaban J connectivity index is 1.54. The van der Waals surface area contributed by atoms with Crippen molar-refractivity contribution in [1.29, 1.82) is 0 Å². The topological polar surface area (TPSA) is 97.1 Å². The van der Waals surface area contributed by atoms with Gasteiger partial charge in [-0.3, -0.25) is 14.9 Å². The molecule has 1 aliphatic rings. The molecule has 0 radical (unpaired) electrons. The number of ether oxygens (including phenoxy) is 1. The maximum Gasteiger partial charge on any atom is 0.273 e. The van der Waals surface area contributed by atoms with E-state index in [9.17, 15) is 14.9 Å². The van der Waals surface area contributed by atoms with Crippen LogP contribution in [0.15, 0.2) is 53.6 Å². The molecular formula is C19H20N4O4. The molecule has 0 saturated carbocycles. The Labute approximate surface area is 156 Å². The monoisotopic (exact) mass is 368 g/mol. The van der Waals surface area contributed by atoms with E-state index in [2.05, 4.69) is 15.4 Å². The van der Waals surface area contributed by atoms with Gasteiger partial charge < -0.3 is 9.64 Å². The number of morpholine rings is 1. The molecule has 0 atom stereocenters. The van der Waals surface area contributed by atoms with Crippen LogP contribution in [0.2, 0.25) is 0 Å². The van der Waals surface area contributed by atoms with Gasteiger partial charge in [0.25, 0.3) is 5.69 Å². The minimum absolute atomic E-state index is 0.0738. The summed E-state index contributed by atoms with van der Waals surface area (Å²) in [4.78, 5) is 24.7. The highest BCUT2D eigenvalue weighted by Gasteiger charge is 2.15. The van der Waals surface area contributed by atoms with E-state index in [0.29, 0.717) is 5.56 Å². The lowest BCUT2D eigenvalue weighted by atomic mass is 10.1. The smallest absolute Gasteiger partial charge is 0.273 e.